The summed E-state index contributed by atoms with van der Waals surface area (Å²) in [6, 6.07) is 10.6. The molecule has 1 aliphatic rings. The summed E-state index contributed by atoms with van der Waals surface area (Å²) < 4.78 is 0. The lowest BCUT2D eigenvalue weighted by Crippen LogP contribution is -2.51. The molecule has 0 radical (unpaired) electrons. The number of benzene rings is 2. The third-order valence-corrected chi connectivity index (χ3v) is 7.01. The minimum absolute atomic E-state index is 0.0442. The number of aromatic nitrogens is 1. The van der Waals surface area contributed by atoms with E-state index in [9.17, 15) is 9.90 Å². The van der Waals surface area contributed by atoms with Gasteiger partial charge in [0.1, 0.15) is 5.75 Å². The van der Waals surface area contributed by atoms with Gasteiger partial charge in [0, 0.05) is 47.9 Å². The Balaban J connectivity index is 1.70. The third-order valence-electron chi connectivity index (χ3n) is 6.37. The van der Waals surface area contributed by atoms with Gasteiger partial charge in [-0.3, -0.25) is 9.78 Å². The molecule has 1 aromatic heterocycles. The lowest BCUT2D eigenvalue weighted by atomic mass is 9.99. The second kappa shape index (κ2) is 10.8. The van der Waals surface area contributed by atoms with E-state index in [0.29, 0.717) is 46.7 Å². The van der Waals surface area contributed by atoms with E-state index >= 15 is 0 Å². The molecule has 0 spiro atoms. The van der Waals surface area contributed by atoms with E-state index in [4.69, 9.17) is 23.2 Å². The minimum Gasteiger partial charge on any atom is -0.508 e. The van der Waals surface area contributed by atoms with Gasteiger partial charge >= 0.3 is 0 Å². The van der Waals surface area contributed by atoms with Crippen molar-refractivity contribution < 1.29 is 9.90 Å². The Morgan fingerprint density at radius 3 is 2.58 bits per heavy atom. The number of amides is 1. The molecule has 188 valence electrons. The standard InChI is InChI=1S/C28H30Cl2N4O2/c1-5-26(36)34-14-18(15-34)13-32-24-12-23(30)21(20-10-19(35)6-7-22(20)29)11-25(24)33-28-17(4)8-9-31-27(28)16(2)3/h5-12,16,18,32-33,35H,1,13-15H2,2-4H3. The number of hydrogen-bond donors (Lipinski definition) is 3. The van der Waals surface area contributed by atoms with Crippen molar-refractivity contribution in [3.63, 3.8) is 0 Å². The SMILES string of the molecule is C=CC(=O)N1CC(CNc2cc(Cl)c(-c3cc(O)ccc3Cl)cc2Nc2c(C)ccnc2C(C)C)C1. The summed E-state index contributed by atoms with van der Waals surface area (Å²) in [6.07, 6.45) is 3.17. The number of anilines is 3. The van der Waals surface area contributed by atoms with E-state index in [-0.39, 0.29) is 17.6 Å². The number of phenols is 1. The molecule has 3 aromatic rings. The molecule has 1 amide bonds. The zero-order chi connectivity index (χ0) is 26.0. The largest absolute Gasteiger partial charge is 0.508 e. The average Bonchev–Trinajstić information content (AvgIpc) is 2.81. The van der Waals surface area contributed by atoms with Crippen molar-refractivity contribution in [1.29, 1.82) is 0 Å². The summed E-state index contributed by atoms with van der Waals surface area (Å²) in [5, 5.41) is 18.2. The molecule has 8 heteroatoms. The summed E-state index contributed by atoms with van der Waals surface area (Å²) in [5.74, 6) is 0.611. The Hall–Kier alpha value is -3.22. The van der Waals surface area contributed by atoms with Crippen LogP contribution in [0.5, 0.6) is 5.75 Å². The number of phenolic OH excluding ortho intramolecular Hbond substituents is 1. The van der Waals surface area contributed by atoms with E-state index in [2.05, 4.69) is 36.0 Å². The molecule has 2 aromatic carbocycles. The summed E-state index contributed by atoms with van der Waals surface area (Å²) in [4.78, 5) is 18.2. The fourth-order valence-electron chi connectivity index (χ4n) is 4.33. The van der Waals surface area contributed by atoms with Crippen LogP contribution in [0, 0.1) is 12.8 Å². The Morgan fingerprint density at radius 2 is 1.89 bits per heavy atom. The summed E-state index contributed by atoms with van der Waals surface area (Å²) in [5.41, 5.74) is 5.95. The molecule has 0 aliphatic carbocycles. The molecule has 1 fully saturated rings. The lowest BCUT2D eigenvalue weighted by molar-refractivity contribution is -0.131. The second-order valence-electron chi connectivity index (χ2n) is 9.40. The highest BCUT2D eigenvalue weighted by molar-refractivity contribution is 6.37. The van der Waals surface area contributed by atoms with Crippen LogP contribution in [0.1, 0.15) is 31.0 Å². The molecule has 36 heavy (non-hydrogen) atoms. The van der Waals surface area contributed by atoms with Crippen LogP contribution in [0.25, 0.3) is 11.1 Å². The maximum Gasteiger partial charge on any atom is 0.245 e. The van der Waals surface area contributed by atoms with Gasteiger partial charge in [-0.25, -0.2) is 0 Å². The zero-order valence-electron chi connectivity index (χ0n) is 20.6. The molecule has 3 N–H and O–H groups in total. The van der Waals surface area contributed by atoms with Gasteiger partial charge in [-0.15, -0.1) is 0 Å². The second-order valence-corrected chi connectivity index (χ2v) is 10.2. The van der Waals surface area contributed by atoms with Crippen LogP contribution in [-0.2, 0) is 4.79 Å². The molecular formula is C28H30Cl2N4O2. The van der Waals surface area contributed by atoms with Crippen molar-refractivity contribution in [3.05, 3.63) is 76.6 Å². The maximum absolute atomic E-state index is 11.8. The first-order valence-electron chi connectivity index (χ1n) is 11.9. The van der Waals surface area contributed by atoms with Gasteiger partial charge in [-0.05, 0) is 60.9 Å². The van der Waals surface area contributed by atoms with Crippen LogP contribution in [0.15, 0.2) is 55.3 Å². The number of pyridine rings is 1. The Morgan fingerprint density at radius 1 is 1.17 bits per heavy atom. The van der Waals surface area contributed by atoms with Crippen molar-refractivity contribution in [2.45, 2.75) is 26.7 Å². The highest BCUT2D eigenvalue weighted by atomic mass is 35.5. The fraction of sp³-hybridized carbons (Fsp3) is 0.286. The molecule has 1 aliphatic heterocycles. The highest BCUT2D eigenvalue weighted by Crippen LogP contribution is 2.42. The number of carbonyl (C=O) groups is 1. The fourth-order valence-corrected chi connectivity index (χ4v) is 4.81. The van der Waals surface area contributed by atoms with Gasteiger partial charge in [0.2, 0.25) is 5.91 Å². The Bertz CT molecular complexity index is 1300. The quantitative estimate of drug-likeness (QED) is 0.276. The first-order valence-corrected chi connectivity index (χ1v) is 12.6. The smallest absolute Gasteiger partial charge is 0.245 e. The number of aryl methyl sites for hydroxylation is 1. The van der Waals surface area contributed by atoms with Crippen LogP contribution in [0.4, 0.5) is 17.1 Å². The summed E-state index contributed by atoms with van der Waals surface area (Å²) in [6.45, 7) is 11.9. The van der Waals surface area contributed by atoms with Crippen molar-refractivity contribution >= 4 is 46.2 Å². The monoisotopic (exact) mass is 524 g/mol. The van der Waals surface area contributed by atoms with Crippen LogP contribution < -0.4 is 10.6 Å². The third kappa shape index (κ3) is 5.45. The van der Waals surface area contributed by atoms with E-state index in [1.54, 1.807) is 23.1 Å². The molecule has 6 nitrogen and oxygen atoms in total. The number of rotatable bonds is 8. The van der Waals surface area contributed by atoms with Crippen molar-refractivity contribution in [2.75, 3.05) is 30.3 Å². The number of carbonyl (C=O) groups excluding carboxylic acids is 1. The topological polar surface area (TPSA) is 77.5 Å². The molecule has 1 saturated heterocycles. The average molecular weight is 525 g/mol. The zero-order valence-corrected chi connectivity index (χ0v) is 22.1. The number of nitrogens with one attached hydrogen (secondary N) is 2. The normalized spacial score (nSPS) is 13.4. The Labute approximate surface area is 222 Å². The molecule has 4 rings (SSSR count). The molecule has 0 bridgehead atoms. The number of hydrogen-bond acceptors (Lipinski definition) is 5. The Kier molecular flexibility index (Phi) is 7.76. The predicted octanol–water partition coefficient (Wildman–Crippen LogP) is 6.99. The highest BCUT2D eigenvalue weighted by Gasteiger charge is 2.29. The van der Waals surface area contributed by atoms with Crippen molar-refractivity contribution in [2.24, 2.45) is 5.92 Å². The van der Waals surface area contributed by atoms with Crippen LogP contribution in [0.2, 0.25) is 10.0 Å². The maximum atomic E-state index is 11.8. The van der Waals surface area contributed by atoms with E-state index in [1.807, 2.05) is 31.3 Å². The molecular weight excluding hydrogens is 495 g/mol. The predicted molar refractivity (Wildman–Crippen MR) is 149 cm³/mol. The van der Waals surface area contributed by atoms with Crippen LogP contribution in [-0.4, -0.2) is 40.5 Å². The molecule has 0 saturated carbocycles. The van der Waals surface area contributed by atoms with Crippen molar-refractivity contribution in [3.8, 4) is 16.9 Å². The van der Waals surface area contributed by atoms with Crippen LogP contribution >= 0.6 is 23.2 Å². The number of halogens is 2. The van der Waals surface area contributed by atoms with Gasteiger partial charge in [-0.1, -0.05) is 43.6 Å². The number of nitrogens with zero attached hydrogens (tertiary/aromatic N) is 2. The van der Waals surface area contributed by atoms with Gasteiger partial charge in [0.05, 0.1) is 27.8 Å². The summed E-state index contributed by atoms with van der Waals surface area (Å²) >= 11 is 13.2. The minimum atomic E-state index is -0.0442. The van der Waals surface area contributed by atoms with Crippen LogP contribution in [0.3, 0.4) is 0 Å². The number of aromatic hydroxyl groups is 1. The summed E-state index contributed by atoms with van der Waals surface area (Å²) in [7, 11) is 0. The van der Waals surface area contributed by atoms with Gasteiger partial charge < -0.3 is 20.6 Å². The van der Waals surface area contributed by atoms with E-state index < -0.39 is 0 Å². The first-order chi connectivity index (χ1) is 17.2. The van der Waals surface area contributed by atoms with E-state index in [0.717, 1.165) is 28.3 Å². The van der Waals surface area contributed by atoms with E-state index in [1.165, 1.54) is 6.08 Å². The number of likely N-dealkylation sites (tertiary alicyclic amines) is 1. The molecule has 0 atom stereocenters. The molecule has 0 unspecified atom stereocenters. The lowest BCUT2D eigenvalue weighted by Gasteiger charge is -2.39. The van der Waals surface area contributed by atoms with Gasteiger partial charge in [-0.2, -0.15) is 0 Å². The van der Waals surface area contributed by atoms with Gasteiger partial charge in [0.15, 0.2) is 0 Å². The first kappa shape index (κ1) is 25.9. The molecule has 2 heterocycles. The van der Waals surface area contributed by atoms with Gasteiger partial charge in [0.25, 0.3) is 0 Å². The van der Waals surface area contributed by atoms with Crippen molar-refractivity contribution in [1.82, 2.24) is 9.88 Å².